The van der Waals surface area contributed by atoms with Gasteiger partial charge >= 0.3 is 0 Å². The Balaban J connectivity index is 1.89. The number of nitrogens with zero attached hydrogens (tertiary/aromatic N) is 1. The van der Waals surface area contributed by atoms with Crippen LogP contribution < -0.4 is 5.32 Å². The molecule has 0 spiro atoms. The van der Waals surface area contributed by atoms with Gasteiger partial charge in [0.15, 0.2) is 0 Å². The van der Waals surface area contributed by atoms with Crippen LogP contribution in [0.25, 0.3) is 0 Å². The molecule has 0 saturated carbocycles. The van der Waals surface area contributed by atoms with Crippen LogP contribution in [0.5, 0.6) is 0 Å². The lowest BCUT2D eigenvalue weighted by Gasteiger charge is -2.12. The lowest BCUT2D eigenvalue weighted by Crippen LogP contribution is -2.21. The summed E-state index contributed by atoms with van der Waals surface area (Å²) in [7, 11) is 0. The molecule has 1 aromatic heterocycles. The molecule has 6 heteroatoms. The fourth-order valence-electron chi connectivity index (χ4n) is 1.54. The first-order valence-electron chi connectivity index (χ1n) is 5.38. The Morgan fingerprint density at radius 3 is 2.89 bits per heavy atom. The van der Waals surface area contributed by atoms with Gasteiger partial charge < -0.3 is 10.4 Å². The molecule has 0 fully saturated rings. The number of nitrogens with one attached hydrogen (secondary N) is 1. The highest BCUT2D eigenvalue weighted by Gasteiger charge is 2.13. The lowest BCUT2D eigenvalue weighted by atomic mass is 10.1. The fraction of sp³-hybridized carbons (Fsp3) is 0.250. The molecule has 0 aliphatic carbocycles. The quantitative estimate of drug-likeness (QED) is 0.876. The second kappa shape index (κ2) is 5.99. The molecular weight excluding hydrogens is 258 g/mol. The molecule has 0 saturated heterocycles. The number of halogens is 2. The van der Waals surface area contributed by atoms with Gasteiger partial charge in [-0.3, -0.25) is 4.98 Å². The highest BCUT2D eigenvalue weighted by atomic mass is 32.1. The van der Waals surface area contributed by atoms with E-state index in [1.807, 2.05) is 0 Å². The van der Waals surface area contributed by atoms with Gasteiger partial charge in [0.1, 0.15) is 11.6 Å². The summed E-state index contributed by atoms with van der Waals surface area (Å²) in [4.78, 5) is 4.95. The Morgan fingerprint density at radius 2 is 2.22 bits per heavy atom. The summed E-state index contributed by atoms with van der Waals surface area (Å²) in [6, 6.07) is 3.15. The number of hydrogen-bond donors (Lipinski definition) is 2. The van der Waals surface area contributed by atoms with E-state index in [1.54, 1.807) is 11.7 Å². The summed E-state index contributed by atoms with van der Waals surface area (Å²) in [6.07, 6.45) is 0.723. The van der Waals surface area contributed by atoms with Crippen LogP contribution in [0.4, 0.5) is 8.78 Å². The molecule has 0 bridgehead atoms. The van der Waals surface area contributed by atoms with Gasteiger partial charge in [-0.25, -0.2) is 8.78 Å². The van der Waals surface area contributed by atoms with E-state index in [1.165, 1.54) is 17.4 Å². The van der Waals surface area contributed by atoms with E-state index in [0.717, 1.165) is 17.0 Å². The third kappa shape index (κ3) is 3.32. The van der Waals surface area contributed by atoms with Crippen molar-refractivity contribution in [2.45, 2.75) is 12.6 Å². The first-order valence-corrected chi connectivity index (χ1v) is 6.26. The summed E-state index contributed by atoms with van der Waals surface area (Å²) >= 11 is 1.50. The van der Waals surface area contributed by atoms with E-state index < -0.39 is 17.7 Å². The van der Waals surface area contributed by atoms with Crippen molar-refractivity contribution < 1.29 is 13.9 Å². The summed E-state index contributed by atoms with van der Waals surface area (Å²) in [6.45, 7) is 0.755. The molecule has 18 heavy (non-hydrogen) atoms. The van der Waals surface area contributed by atoms with E-state index in [-0.39, 0.29) is 12.1 Å². The first-order chi connectivity index (χ1) is 8.66. The van der Waals surface area contributed by atoms with Gasteiger partial charge in [-0.1, -0.05) is 6.07 Å². The molecule has 3 nitrogen and oxygen atoms in total. The zero-order valence-corrected chi connectivity index (χ0v) is 10.3. The molecule has 1 aromatic carbocycles. The Hall–Kier alpha value is -1.37. The minimum atomic E-state index is -1.00. The van der Waals surface area contributed by atoms with Crippen molar-refractivity contribution >= 4 is 11.3 Å². The van der Waals surface area contributed by atoms with Gasteiger partial charge in [-0.2, -0.15) is 0 Å². The van der Waals surface area contributed by atoms with E-state index in [2.05, 4.69) is 10.3 Å². The fourth-order valence-corrected chi connectivity index (χ4v) is 2.11. The van der Waals surface area contributed by atoms with Crippen LogP contribution in [0.3, 0.4) is 0 Å². The number of aromatic nitrogens is 1. The standard InChI is InChI=1S/C12H12F2N2OS/c13-8-1-2-10(11(14)3-8)12(17)6-15-4-9-5-16-7-18-9/h1-3,5,7,12,15,17H,4,6H2. The summed E-state index contributed by atoms with van der Waals surface area (Å²) in [5.74, 6) is -1.39. The van der Waals surface area contributed by atoms with Crippen molar-refractivity contribution in [2.75, 3.05) is 6.54 Å². The highest BCUT2D eigenvalue weighted by Crippen LogP contribution is 2.17. The van der Waals surface area contributed by atoms with Gasteiger partial charge in [-0.15, -0.1) is 11.3 Å². The first kappa shape index (κ1) is 13.1. The van der Waals surface area contributed by atoms with Gasteiger partial charge in [0.25, 0.3) is 0 Å². The number of aliphatic hydroxyl groups excluding tert-OH is 1. The molecule has 1 unspecified atom stereocenters. The Kier molecular flexibility index (Phi) is 4.35. The van der Waals surface area contributed by atoms with Gasteiger partial charge in [0.05, 0.1) is 11.6 Å². The summed E-state index contributed by atoms with van der Waals surface area (Å²) < 4.78 is 26.1. The third-order valence-corrected chi connectivity index (χ3v) is 3.22. The van der Waals surface area contributed by atoms with Crippen LogP contribution in [0.15, 0.2) is 29.9 Å². The van der Waals surface area contributed by atoms with E-state index in [4.69, 9.17) is 0 Å². The average Bonchev–Trinajstić information content (AvgIpc) is 2.81. The second-order valence-electron chi connectivity index (χ2n) is 3.78. The molecule has 2 aromatic rings. The molecule has 1 heterocycles. The lowest BCUT2D eigenvalue weighted by molar-refractivity contribution is 0.169. The molecule has 0 aliphatic heterocycles. The van der Waals surface area contributed by atoms with Crippen LogP contribution in [-0.2, 0) is 6.54 Å². The second-order valence-corrected chi connectivity index (χ2v) is 4.75. The van der Waals surface area contributed by atoms with Gasteiger partial charge in [0, 0.05) is 35.8 Å². The molecule has 1 atom stereocenters. The number of thiazole rings is 1. The molecule has 96 valence electrons. The molecule has 2 rings (SSSR count). The Labute approximate surface area is 107 Å². The molecule has 2 N–H and O–H groups in total. The predicted octanol–water partition coefficient (Wildman–Crippen LogP) is 2.24. The van der Waals surface area contributed by atoms with E-state index in [9.17, 15) is 13.9 Å². The van der Waals surface area contributed by atoms with Gasteiger partial charge in [-0.05, 0) is 6.07 Å². The minimum Gasteiger partial charge on any atom is -0.387 e. The number of aliphatic hydroxyl groups is 1. The Bertz CT molecular complexity index is 505. The third-order valence-electron chi connectivity index (χ3n) is 2.44. The molecule has 0 amide bonds. The maximum absolute atomic E-state index is 13.4. The van der Waals surface area contributed by atoms with Crippen molar-refractivity contribution in [3.05, 3.63) is 52.0 Å². The van der Waals surface area contributed by atoms with Crippen molar-refractivity contribution in [1.29, 1.82) is 0 Å². The van der Waals surface area contributed by atoms with Gasteiger partial charge in [0.2, 0.25) is 0 Å². The van der Waals surface area contributed by atoms with E-state index in [0.29, 0.717) is 6.54 Å². The van der Waals surface area contributed by atoms with Crippen LogP contribution >= 0.6 is 11.3 Å². The topological polar surface area (TPSA) is 45.1 Å². The van der Waals surface area contributed by atoms with Crippen LogP contribution in [0.2, 0.25) is 0 Å². The molecular formula is C12H12F2N2OS. The molecule has 0 aliphatic rings. The summed E-state index contributed by atoms with van der Waals surface area (Å²) in [5, 5.41) is 12.8. The van der Waals surface area contributed by atoms with Crippen molar-refractivity contribution in [1.82, 2.24) is 10.3 Å². The average molecular weight is 270 g/mol. The van der Waals surface area contributed by atoms with Crippen molar-refractivity contribution in [3.63, 3.8) is 0 Å². The van der Waals surface area contributed by atoms with Crippen LogP contribution in [0, 0.1) is 11.6 Å². The Morgan fingerprint density at radius 1 is 1.39 bits per heavy atom. The number of hydrogen-bond acceptors (Lipinski definition) is 4. The zero-order chi connectivity index (χ0) is 13.0. The van der Waals surface area contributed by atoms with Crippen LogP contribution in [-0.4, -0.2) is 16.6 Å². The van der Waals surface area contributed by atoms with E-state index >= 15 is 0 Å². The van der Waals surface area contributed by atoms with Crippen molar-refractivity contribution in [2.24, 2.45) is 0 Å². The molecule has 0 radical (unpaired) electrons. The summed E-state index contributed by atoms with van der Waals surface area (Å²) in [5.41, 5.74) is 1.81. The predicted molar refractivity (Wildman–Crippen MR) is 65.1 cm³/mol. The highest BCUT2D eigenvalue weighted by molar-refractivity contribution is 7.09. The SMILES string of the molecule is OC(CNCc1cncs1)c1ccc(F)cc1F. The van der Waals surface area contributed by atoms with Crippen LogP contribution in [0.1, 0.15) is 16.5 Å². The maximum Gasteiger partial charge on any atom is 0.131 e. The zero-order valence-electron chi connectivity index (χ0n) is 9.44. The number of rotatable bonds is 5. The monoisotopic (exact) mass is 270 g/mol. The largest absolute Gasteiger partial charge is 0.387 e. The number of benzene rings is 1. The smallest absolute Gasteiger partial charge is 0.131 e. The van der Waals surface area contributed by atoms with Crippen molar-refractivity contribution in [3.8, 4) is 0 Å². The maximum atomic E-state index is 13.4. The normalized spacial score (nSPS) is 12.6. The minimum absolute atomic E-state index is 0.0909.